The number of nitrogens with one attached hydrogen (secondary N) is 4. The first-order valence-corrected chi connectivity index (χ1v) is 11.3. The van der Waals surface area contributed by atoms with Crippen LogP contribution in [-0.4, -0.2) is 48.4 Å². The number of carbonyl (C=O) groups excluding carboxylic acids is 1. The summed E-state index contributed by atoms with van der Waals surface area (Å²) in [5.74, 6) is 2.04. The number of aliphatic imine (C=N–C) groups is 1. The molecule has 4 rings (SSSR count). The third-order valence-corrected chi connectivity index (χ3v) is 5.46. The molecule has 0 radical (unpaired) electrons. The average Bonchev–Trinajstić information content (AvgIpc) is 3.35. The molecule has 1 atom stereocenters. The van der Waals surface area contributed by atoms with E-state index < -0.39 is 6.23 Å². The molecule has 0 spiro atoms. The summed E-state index contributed by atoms with van der Waals surface area (Å²) in [6.45, 7) is 1.27. The summed E-state index contributed by atoms with van der Waals surface area (Å²) < 4.78 is 5.16. The van der Waals surface area contributed by atoms with Gasteiger partial charge in [0.05, 0.1) is 12.5 Å². The Bertz CT molecular complexity index is 1210. The summed E-state index contributed by atoms with van der Waals surface area (Å²) in [5, 5.41) is 14.2. The Labute approximate surface area is 196 Å². The molecule has 1 unspecified atom stereocenters. The van der Waals surface area contributed by atoms with Crippen LogP contribution in [0.4, 0.5) is 5.82 Å². The topological polar surface area (TPSA) is 130 Å². The van der Waals surface area contributed by atoms with E-state index in [1.807, 2.05) is 42.5 Å². The Morgan fingerprint density at radius 2 is 1.85 bits per heavy atom. The van der Waals surface area contributed by atoms with Gasteiger partial charge in [-0.1, -0.05) is 18.2 Å². The van der Waals surface area contributed by atoms with Crippen molar-refractivity contribution in [2.45, 2.75) is 31.9 Å². The highest BCUT2D eigenvalue weighted by Gasteiger charge is 2.20. The number of rotatable bonds is 11. The number of aromatic nitrogens is 2. The van der Waals surface area contributed by atoms with Crippen LogP contribution in [0, 0.1) is 0 Å². The molecule has 2 heterocycles. The van der Waals surface area contributed by atoms with Crippen LogP contribution in [0.25, 0.3) is 10.8 Å². The van der Waals surface area contributed by atoms with Crippen molar-refractivity contribution in [3.8, 4) is 5.75 Å². The molecule has 1 aliphatic rings. The second kappa shape index (κ2) is 11.3. The lowest BCUT2D eigenvalue weighted by molar-refractivity contribution is -0.121. The van der Waals surface area contributed by atoms with Gasteiger partial charge in [-0.15, -0.1) is 0 Å². The first-order chi connectivity index (χ1) is 16.6. The summed E-state index contributed by atoms with van der Waals surface area (Å²) >= 11 is 0. The maximum Gasteiger partial charge on any atom is 0.272 e. The second-order valence-corrected chi connectivity index (χ2v) is 7.85. The van der Waals surface area contributed by atoms with Crippen LogP contribution in [0.5, 0.6) is 5.75 Å². The number of unbranched alkanes of at least 4 members (excludes halogenated alkanes) is 1. The van der Waals surface area contributed by atoms with E-state index in [-0.39, 0.29) is 11.5 Å². The molecular weight excluding hydrogens is 436 g/mol. The van der Waals surface area contributed by atoms with Gasteiger partial charge < -0.3 is 15.4 Å². The van der Waals surface area contributed by atoms with Crippen molar-refractivity contribution in [2.75, 3.05) is 25.5 Å². The van der Waals surface area contributed by atoms with Crippen LogP contribution < -0.4 is 26.4 Å². The summed E-state index contributed by atoms with van der Waals surface area (Å²) in [7, 11) is 1.62. The fourth-order valence-electron chi connectivity index (χ4n) is 3.60. The van der Waals surface area contributed by atoms with Crippen molar-refractivity contribution in [1.82, 2.24) is 21.0 Å². The molecule has 0 aliphatic carbocycles. The van der Waals surface area contributed by atoms with Crippen LogP contribution in [0.2, 0.25) is 0 Å². The minimum Gasteiger partial charge on any atom is -0.497 e. The van der Waals surface area contributed by atoms with Crippen LogP contribution in [-0.2, 0) is 9.63 Å². The Kier molecular flexibility index (Phi) is 7.71. The van der Waals surface area contributed by atoms with E-state index in [2.05, 4.69) is 31.3 Å². The Hall–Kier alpha value is -3.92. The SMILES string of the molecule is COc1ccc(C2=NC(CCC(=O)NCCCCNc3n[nH]c(=O)c4ccccc34)ON2)cc1. The molecule has 10 heteroatoms. The van der Waals surface area contributed by atoms with Crippen LogP contribution in [0.3, 0.4) is 0 Å². The first-order valence-electron chi connectivity index (χ1n) is 11.3. The Balaban J connectivity index is 1.12. The molecule has 0 saturated heterocycles. The number of amidine groups is 1. The molecular formula is C24H28N6O4. The third kappa shape index (κ3) is 5.90. The molecule has 1 amide bonds. The lowest BCUT2D eigenvalue weighted by Crippen LogP contribution is -2.26. The molecule has 2 aromatic carbocycles. The van der Waals surface area contributed by atoms with Crippen molar-refractivity contribution >= 4 is 28.3 Å². The van der Waals surface area contributed by atoms with Crippen LogP contribution in [0.1, 0.15) is 31.2 Å². The predicted molar refractivity (Wildman–Crippen MR) is 130 cm³/mol. The molecule has 3 aromatic rings. The van der Waals surface area contributed by atoms with Crippen molar-refractivity contribution in [3.05, 3.63) is 64.4 Å². The van der Waals surface area contributed by atoms with Gasteiger partial charge in [-0.3, -0.25) is 9.59 Å². The highest BCUT2D eigenvalue weighted by atomic mass is 16.7. The molecule has 1 aliphatic heterocycles. The minimum atomic E-state index is -0.397. The molecule has 178 valence electrons. The van der Waals surface area contributed by atoms with E-state index in [9.17, 15) is 9.59 Å². The van der Waals surface area contributed by atoms with Crippen molar-refractivity contribution in [1.29, 1.82) is 0 Å². The van der Waals surface area contributed by atoms with Gasteiger partial charge in [0.2, 0.25) is 5.91 Å². The van der Waals surface area contributed by atoms with Gasteiger partial charge in [0.15, 0.2) is 17.9 Å². The Morgan fingerprint density at radius 3 is 2.65 bits per heavy atom. The number of aromatic amines is 1. The molecule has 0 saturated carbocycles. The van der Waals surface area contributed by atoms with Gasteiger partial charge in [-0.05, 0) is 43.2 Å². The van der Waals surface area contributed by atoms with Crippen molar-refractivity contribution < 1.29 is 14.4 Å². The van der Waals surface area contributed by atoms with E-state index in [0.717, 1.165) is 29.5 Å². The van der Waals surface area contributed by atoms with E-state index >= 15 is 0 Å². The quantitative estimate of drug-likeness (QED) is 0.321. The number of carbonyl (C=O) groups is 1. The number of amides is 1. The summed E-state index contributed by atoms with van der Waals surface area (Å²) in [6, 6.07) is 14.8. The van der Waals surface area contributed by atoms with E-state index in [1.165, 1.54) is 0 Å². The van der Waals surface area contributed by atoms with Gasteiger partial charge in [0, 0.05) is 36.9 Å². The number of ether oxygens (including phenoxy) is 1. The molecule has 0 fully saturated rings. The molecule has 34 heavy (non-hydrogen) atoms. The standard InChI is InChI=1S/C24H28N6O4/c1-33-17-10-8-16(9-11-17)22-27-21(34-30-22)13-12-20(31)25-14-4-5-15-26-23-18-6-2-3-7-19(18)24(32)29-28-23/h2-3,6-11,21H,4-5,12-15H2,1H3,(H,25,31)(H,26,28)(H,27,30)(H,29,32). The van der Waals surface area contributed by atoms with Gasteiger partial charge in [-0.2, -0.15) is 5.10 Å². The van der Waals surface area contributed by atoms with Gasteiger partial charge in [0.1, 0.15) is 5.75 Å². The zero-order chi connectivity index (χ0) is 23.8. The fourth-order valence-corrected chi connectivity index (χ4v) is 3.60. The molecule has 10 nitrogen and oxygen atoms in total. The van der Waals surface area contributed by atoms with E-state index in [1.54, 1.807) is 13.2 Å². The number of hydroxylamine groups is 1. The van der Waals surface area contributed by atoms with Crippen LogP contribution in [0.15, 0.2) is 58.3 Å². The van der Waals surface area contributed by atoms with E-state index in [0.29, 0.717) is 43.0 Å². The fraction of sp³-hybridized carbons (Fsp3) is 0.333. The summed E-state index contributed by atoms with van der Waals surface area (Å²) in [5.41, 5.74) is 3.52. The number of nitrogens with zero attached hydrogens (tertiary/aromatic N) is 2. The van der Waals surface area contributed by atoms with Gasteiger partial charge in [-0.25, -0.2) is 20.4 Å². The average molecular weight is 465 g/mol. The minimum absolute atomic E-state index is 0.0297. The molecule has 0 bridgehead atoms. The number of H-pyrrole nitrogens is 1. The smallest absolute Gasteiger partial charge is 0.272 e. The second-order valence-electron chi connectivity index (χ2n) is 7.85. The Morgan fingerprint density at radius 1 is 1.09 bits per heavy atom. The number of methoxy groups -OCH3 is 1. The lowest BCUT2D eigenvalue weighted by Gasteiger charge is -2.09. The number of fused-ring (bicyclic) bond motifs is 1. The van der Waals surface area contributed by atoms with Gasteiger partial charge in [0.25, 0.3) is 5.56 Å². The van der Waals surface area contributed by atoms with Crippen LogP contribution >= 0.6 is 0 Å². The van der Waals surface area contributed by atoms with Crippen molar-refractivity contribution in [2.24, 2.45) is 4.99 Å². The largest absolute Gasteiger partial charge is 0.497 e. The third-order valence-electron chi connectivity index (χ3n) is 5.46. The maximum absolute atomic E-state index is 12.1. The monoisotopic (exact) mass is 464 g/mol. The number of benzene rings is 2. The van der Waals surface area contributed by atoms with Crippen molar-refractivity contribution in [3.63, 3.8) is 0 Å². The number of hydrogen-bond donors (Lipinski definition) is 4. The zero-order valence-electron chi connectivity index (χ0n) is 19.0. The zero-order valence-corrected chi connectivity index (χ0v) is 19.0. The number of anilines is 1. The summed E-state index contributed by atoms with van der Waals surface area (Å²) in [6.07, 6.45) is 2.09. The lowest BCUT2D eigenvalue weighted by atomic mass is 10.2. The van der Waals surface area contributed by atoms with Gasteiger partial charge >= 0.3 is 0 Å². The predicted octanol–water partition coefficient (Wildman–Crippen LogP) is 2.33. The summed E-state index contributed by atoms with van der Waals surface area (Å²) in [4.78, 5) is 33.9. The first kappa shape index (κ1) is 23.2. The maximum atomic E-state index is 12.1. The highest BCUT2D eigenvalue weighted by Crippen LogP contribution is 2.17. The molecule has 4 N–H and O–H groups in total. The molecule has 1 aromatic heterocycles. The number of hydrogen-bond acceptors (Lipinski definition) is 8. The van der Waals surface area contributed by atoms with E-state index in [4.69, 9.17) is 9.57 Å². The normalized spacial score (nSPS) is 15.0. The highest BCUT2D eigenvalue weighted by molar-refractivity contribution is 5.99.